The number of carbonyl (C=O) groups excluding carboxylic acids is 1. The second kappa shape index (κ2) is 6.87. The number of aliphatic carboxylic acids is 1. The molecule has 0 saturated heterocycles. The van der Waals surface area contributed by atoms with Crippen molar-refractivity contribution in [1.82, 2.24) is 10.2 Å². The van der Waals surface area contributed by atoms with Gasteiger partial charge in [-0.2, -0.15) is 0 Å². The SMILES string of the molecule is C=CC(C)NC(=O)N(CC)CC(C)C(=O)O. The zero-order valence-corrected chi connectivity index (χ0v) is 10.1. The summed E-state index contributed by atoms with van der Waals surface area (Å²) in [6.07, 6.45) is 1.62. The number of nitrogens with zero attached hydrogens (tertiary/aromatic N) is 1. The van der Waals surface area contributed by atoms with E-state index >= 15 is 0 Å². The van der Waals surface area contributed by atoms with Crippen LogP contribution in [0.1, 0.15) is 20.8 Å². The third-order valence-electron chi connectivity index (χ3n) is 2.29. The van der Waals surface area contributed by atoms with Crippen LogP contribution in [-0.4, -0.2) is 41.1 Å². The monoisotopic (exact) mass is 228 g/mol. The molecule has 2 amide bonds. The molecule has 0 aliphatic heterocycles. The van der Waals surface area contributed by atoms with E-state index in [0.717, 1.165) is 0 Å². The van der Waals surface area contributed by atoms with E-state index in [-0.39, 0.29) is 18.6 Å². The van der Waals surface area contributed by atoms with Crippen molar-refractivity contribution in [2.24, 2.45) is 5.92 Å². The Hall–Kier alpha value is -1.52. The molecule has 0 aliphatic carbocycles. The molecule has 0 rings (SSSR count). The van der Waals surface area contributed by atoms with Crippen LogP contribution in [0.15, 0.2) is 12.7 Å². The Balaban J connectivity index is 4.32. The average molecular weight is 228 g/mol. The topological polar surface area (TPSA) is 69.6 Å². The first-order chi connectivity index (χ1) is 7.42. The highest BCUT2D eigenvalue weighted by atomic mass is 16.4. The van der Waals surface area contributed by atoms with Gasteiger partial charge in [0.1, 0.15) is 0 Å². The van der Waals surface area contributed by atoms with Crippen LogP contribution in [0.2, 0.25) is 0 Å². The number of carbonyl (C=O) groups is 2. The van der Waals surface area contributed by atoms with Gasteiger partial charge in [-0.1, -0.05) is 13.0 Å². The molecule has 0 saturated carbocycles. The minimum absolute atomic E-state index is 0.123. The second-order valence-electron chi connectivity index (χ2n) is 3.75. The third kappa shape index (κ3) is 4.82. The highest BCUT2D eigenvalue weighted by Gasteiger charge is 2.19. The van der Waals surface area contributed by atoms with Crippen LogP contribution in [0.5, 0.6) is 0 Å². The highest BCUT2D eigenvalue weighted by Crippen LogP contribution is 2.01. The van der Waals surface area contributed by atoms with Crippen LogP contribution in [0, 0.1) is 5.92 Å². The van der Waals surface area contributed by atoms with Gasteiger partial charge in [0.15, 0.2) is 0 Å². The number of nitrogens with one attached hydrogen (secondary N) is 1. The van der Waals surface area contributed by atoms with Crippen molar-refractivity contribution in [2.75, 3.05) is 13.1 Å². The summed E-state index contributed by atoms with van der Waals surface area (Å²) in [5.74, 6) is -1.47. The van der Waals surface area contributed by atoms with E-state index in [1.165, 1.54) is 4.90 Å². The maximum atomic E-state index is 11.7. The molecule has 0 aromatic rings. The lowest BCUT2D eigenvalue weighted by Crippen LogP contribution is -2.45. The summed E-state index contributed by atoms with van der Waals surface area (Å²) in [4.78, 5) is 23.8. The molecule has 0 spiro atoms. The molecule has 16 heavy (non-hydrogen) atoms. The number of hydrogen-bond acceptors (Lipinski definition) is 2. The van der Waals surface area contributed by atoms with Gasteiger partial charge in [0.25, 0.3) is 0 Å². The van der Waals surface area contributed by atoms with Crippen LogP contribution >= 0.6 is 0 Å². The van der Waals surface area contributed by atoms with Crippen molar-refractivity contribution in [3.05, 3.63) is 12.7 Å². The van der Waals surface area contributed by atoms with Gasteiger partial charge in [0, 0.05) is 19.1 Å². The lowest BCUT2D eigenvalue weighted by Gasteiger charge is -2.24. The fraction of sp³-hybridized carbons (Fsp3) is 0.636. The van der Waals surface area contributed by atoms with Crippen molar-refractivity contribution < 1.29 is 14.7 Å². The Bertz CT molecular complexity index is 266. The van der Waals surface area contributed by atoms with Crippen LogP contribution in [0.4, 0.5) is 4.79 Å². The molecule has 2 unspecified atom stereocenters. The number of rotatable bonds is 6. The molecular formula is C11H20N2O3. The third-order valence-corrected chi connectivity index (χ3v) is 2.29. The van der Waals surface area contributed by atoms with Crippen LogP contribution in [0.25, 0.3) is 0 Å². The van der Waals surface area contributed by atoms with Crippen LogP contribution < -0.4 is 5.32 Å². The zero-order valence-electron chi connectivity index (χ0n) is 10.1. The number of amides is 2. The van der Waals surface area contributed by atoms with Gasteiger partial charge >= 0.3 is 12.0 Å². The maximum Gasteiger partial charge on any atom is 0.317 e. The Morgan fingerprint density at radius 2 is 2.06 bits per heavy atom. The van der Waals surface area contributed by atoms with Gasteiger partial charge < -0.3 is 15.3 Å². The highest BCUT2D eigenvalue weighted by molar-refractivity contribution is 5.76. The summed E-state index contributed by atoms with van der Waals surface area (Å²) in [5.41, 5.74) is 0. The van der Waals surface area contributed by atoms with Gasteiger partial charge in [0.2, 0.25) is 0 Å². The quantitative estimate of drug-likeness (QED) is 0.673. The van der Waals surface area contributed by atoms with Crippen molar-refractivity contribution in [3.8, 4) is 0 Å². The molecule has 0 bridgehead atoms. The Labute approximate surface area is 96.1 Å². The largest absolute Gasteiger partial charge is 0.481 e. The van der Waals surface area contributed by atoms with E-state index in [1.807, 2.05) is 6.92 Å². The minimum Gasteiger partial charge on any atom is -0.481 e. The average Bonchev–Trinajstić information content (AvgIpc) is 2.24. The van der Waals surface area contributed by atoms with Crippen LogP contribution in [0.3, 0.4) is 0 Å². The van der Waals surface area contributed by atoms with Gasteiger partial charge in [-0.05, 0) is 13.8 Å². The number of hydrogen-bond donors (Lipinski definition) is 2. The molecule has 0 aromatic carbocycles. The van der Waals surface area contributed by atoms with Crippen molar-refractivity contribution in [3.63, 3.8) is 0 Å². The predicted molar refractivity (Wildman–Crippen MR) is 62.2 cm³/mol. The molecule has 5 heteroatoms. The molecular weight excluding hydrogens is 208 g/mol. The molecule has 0 fully saturated rings. The molecule has 5 nitrogen and oxygen atoms in total. The Morgan fingerprint density at radius 3 is 2.44 bits per heavy atom. The molecule has 0 aromatic heterocycles. The number of urea groups is 1. The summed E-state index contributed by atoms with van der Waals surface area (Å²) in [7, 11) is 0. The fourth-order valence-electron chi connectivity index (χ4n) is 1.11. The van der Waals surface area contributed by atoms with Crippen molar-refractivity contribution in [2.45, 2.75) is 26.8 Å². The van der Waals surface area contributed by atoms with E-state index in [4.69, 9.17) is 5.11 Å². The molecule has 0 aliphatic rings. The van der Waals surface area contributed by atoms with E-state index in [2.05, 4.69) is 11.9 Å². The number of carboxylic acids is 1. The van der Waals surface area contributed by atoms with E-state index in [0.29, 0.717) is 6.54 Å². The zero-order chi connectivity index (χ0) is 12.7. The predicted octanol–water partition coefficient (Wildman–Crippen LogP) is 1.31. The van der Waals surface area contributed by atoms with Gasteiger partial charge in [-0.15, -0.1) is 6.58 Å². The Kier molecular flexibility index (Phi) is 6.22. The standard InChI is InChI=1S/C11H20N2O3/c1-5-9(4)12-11(16)13(6-2)7-8(3)10(14)15/h5,8-9H,1,6-7H2,2-4H3,(H,12,16)(H,14,15). The van der Waals surface area contributed by atoms with Crippen molar-refractivity contribution in [1.29, 1.82) is 0 Å². The van der Waals surface area contributed by atoms with Gasteiger partial charge in [-0.3, -0.25) is 4.79 Å². The smallest absolute Gasteiger partial charge is 0.317 e. The maximum absolute atomic E-state index is 11.7. The Morgan fingerprint density at radius 1 is 1.50 bits per heavy atom. The van der Waals surface area contributed by atoms with E-state index in [1.54, 1.807) is 19.9 Å². The molecule has 0 heterocycles. The minimum atomic E-state index is -0.900. The lowest BCUT2D eigenvalue weighted by atomic mass is 10.2. The van der Waals surface area contributed by atoms with E-state index < -0.39 is 11.9 Å². The first kappa shape index (κ1) is 14.5. The summed E-state index contributed by atoms with van der Waals surface area (Å²) in [6, 6.07) is -0.385. The molecule has 92 valence electrons. The van der Waals surface area contributed by atoms with Gasteiger partial charge in [0.05, 0.1) is 5.92 Å². The van der Waals surface area contributed by atoms with Gasteiger partial charge in [-0.25, -0.2) is 4.79 Å². The summed E-state index contributed by atoms with van der Waals surface area (Å²) >= 11 is 0. The fourth-order valence-corrected chi connectivity index (χ4v) is 1.11. The lowest BCUT2D eigenvalue weighted by molar-refractivity contribution is -0.141. The van der Waals surface area contributed by atoms with Crippen LogP contribution in [-0.2, 0) is 4.79 Å². The van der Waals surface area contributed by atoms with Crippen molar-refractivity contribution >= 4 is 12.0 Å². The first-order valence-corrected chi connectivity index (χ1v) is 5.33. The first-order valence-electron chi connectivity index (χ1n) is 5.33. The molecule has 0 radical (unpaired) electrons. The summed E-state index contributed by atoms with van der Waals surface area (Å²) < 4.78 is 0. The molecule has 2 N–H and O–H groups in total. The van der Waals surface area contributed by atoms with E-state index in [9.17, 15) is 9.59 Å². The summed E-state index contributed by atoms with van der Waals surface area (Å²) in [5, 5.41) is 11.5. The number of carboxylic acid groups (broad SMARTS) is 1. The summed E-state index contributed by atoms with van der Waals surface area (Å²) in [6.45, 7) is 9.45. The molecule has 2 atom stereocenters. The second-order valence-corrected chi connectivity index (χ2v) is 3.75. The normalized spacial score (nSPS) is 13.7.